The third-order valence-corrected chi connectivity index (χ3v) is 6.30. The third kappa shape index (κ3) is 2.85. The predicted octanol–water partition coefficient (Wildman–Crippen LogP) is 3.18. The Bertz CT molecular complexity index is 1060. The standard InChI is InChI=1S/C18H16FN3O2S/c19-14-3-5-15(6-4-14)25(23,24)22-10-7-13(8-11-22)17-12-21-18-16(17)2-1-9-20-18/h1-7,9,12H,8,10-11H2,(H,20,21). The summed E-state index contributed by atoms with van der Waals surface area (Å²) in [7, 11) is -3.61. The molecule has 0 fully saturated rings. The molecule has 0 saturated heterocycles. The maximum Gasteiger partial charge on any atom is 0.243 e. The quantitative estimate of drug-likeness (QED) is 0.783. The van der Waals surface area contributed by atoms with Crippen LogP contribution in [-0.2, 0) is 10.0 Å². The highest BCUT2D eigenvalue weighted by Crippen LogP contribution is 2.30. The second-order valence-electron chi connectivity index (χ2n) is 5.90. The molecule has 0 amide bonds. The van der Waals surface area contributed by atoms with Gasteiger partial charge in [0.25, 0.3) is 0 Å². The third-order valence-electron chi connectivity index (χ3n) is 4.42. The zero-order valence-electron chi connectivity index (χ0n) is 13.3. The van der Waals surface area contributed by atoms with Crippen LogP contribution in [0.1, 0.15) is 12.0 Å². The van der Waals surface area contributed by atoms with Crippen molar-refractivity contribution in [1.29, 1.82) is 0 Å². The zero-order valence-corrected chi connectivity index (χ0v) is 14.1. The Morgan fingerprint density at radius 1 is 1.16 bits per heavy atom. The summed E-state index contributed by atoms with van der Waals surface area (Å²) in [6.07, 6.45) is 6.19. The van der Waals surface area contributed by atoms with E-state index >= 15 is 0 Å². The predicted molar refractivity (Wildman–Crippen MR) is 93.8 cm³/mol. The van der Waals surface area contributed by atoms with Gasteiger partial charge in [-0.1, -0.05) is 6.08 Å². The summed E-state index contributed by atoms with van der Waals surface area (Å²) >= 11 is 0. The van der Waals surface area contributed by atoms with E-state index in [0.717, 1.165) is 34.3 Å². The van der Waals surface area contributed by atoms with Gasteiger partial charge in [-0.25, -0.2) is 17.8 Å². The number of H-pyrrole nitrogens is 1. The fraction of sp³-hybridized carbons (Fsp3) is 0.167. The molecule has 5 nitrogen and oxygen atoms in total. The molecule has 3 aromatic rings. The van der Waals surface area contributed by atoms with Gasteiger partial charge < -0.3 is 4.98 Å². The van der Waals surface area contributed by atoms with E-state index in [4.69, 9.17) is 0 Å². The second kappa shape index (κ2) is 6.09. The van der Waals surface area contributed by atoms with Crippen LogP contribution < -0.4 is 0 Å². The van der Waals surface area contributed by atoms with Crippen molar-refractivity contribution in [3.8, 4) is 0 Å². The number of aromatic nitrogens is 2. The van der Waals surface area contributed by atoms with Gasteiger partial charge in [-0.2, -0.15) is 4.31 Å². The number of benzene rings is 1. The molecule has 1 N–H and O–H groups in total. The molecule has 4 rings (SSSR count). The minimum atomic E-state index is -3.61. The molecular weight excluding hydrogens is 341 g/mol. The average Bonchev–Trinajstić information content (AvgIpc) is 3.06. The normalized spacial score (nSPS) is 16.1. The van der Waals surface area contributed by atoms with Crippen LogP contribution in [0.2, 0.25) is 0 Å². The summed E-state index contributed by atoms with van der Waals surface area (Å²) in [5.74, 6) is -0.451. The summed E-state index contributed by atoms with van der Waals surface area (Å²) in [6, 6.07) is 8.81. The molecule has 128 valence electrons. The van der Waals surface area contributed by atoms with Crippen molar-refractivity contribution in [1.82, 2.24) is 14.3 Å². The van der Waals surface area contributed by atoms with Crippen LogP contribution in [0.15, 0.2) is 59.8 Å². The summed E-state index contributed by atoms with van der Waals surface area (Å²) in [5.41, 5.74) is 2.98. The number of nitrogens with one attached hydrogen (secondary N) is 1. The largest absolute Gasteiger partial charge is 0.346 e. The van der Waals surface area contributed by atoms with Crippen molar-refractivity contribution in [2.24, 2.45) is 0 Å². The lowest BCUT2D eigenvalue weighted by Gasteiger charge is -2.25. The Hall–Kier alpha value is -2.51. The first-order chi connectivity index (χ1) is 12.1. The molecule has 3 heterocycles. The minimum Gasteiger partial charge on any atom is -0.346 e. The van der Waals surface area contributed by atoms with Gasteiger partial charge in [-0.3, -0.25) is 0 Å². The topological polar surface area (TPSA) is 66.1 Å². The van der Waals surface area contributed by atoms with Crippen LogP contribution in [0, 0.1) is 5.82 Å². The van der Waals surface area contributed by atoms with E-state index in [1.165, 1.54) is 16.4 Å². The Morgan fingerprint density at radius 2 is 1.96 bits per heavy atom. The van der Waals surface area contributed by atoms with Crippen LogP contribution in [0.25, 0.3) is 16.6 Å². The summed E-state index contributed by atoms with van der Waals surface area (Å²) < 4.78 is 39.8. The number of pyridine rings is 1. The van der Waals surface area contributed by atoms with Crippen molar-refractivity contribution >= 4 is 26.6 Å². The van der Waals surface area contributed by atoms with Crippen molar-refractivity contribution < 1.29 is 12.8 Å². The van der Waals surface area contributed by atoms with Gasteiger partial charge >= 0.3 is 0 Å². The first-order valence-electron chi connectivity index (χ1n) is 7.93. The Labute approximate surface area is 144 Å². The second-order valence-corrected chi connectivity index (χ2v) is 7.84. The van der Waals surface area contributed by atoms with Crippen molar-refractivity contribution in [2.75, 3.05) is 13.1 Å². The van der Waals surface area contributed by atoms with Gasteiger partial charge in [0.1, 0.15) is 11.5 Å². The maximum absolute atomic E-state index is 13.0. The van der Waals surface area contributed by atoms with E-state index in [2.05, 4.69) is 9.97 Å². The van der Waals surface area contributed by atoms with Crippen molar-refractivity contribution in [2.45, 2.75) is 11.3 Å². The molecule has 0 saturated carbocycles. The van der Waals surface area contributed by atoms with Gasteiger partial charge in [0.15, 0.2) is 0 Å². The van der Waals surface area contributed by atoms with E-state index in [1.807, 2.05) is 24.4 Å². The lowest BCUT2D eigenvalue weighted by Crippen LogP contribution is -2.34. The number of sulfonamides is 1. The first-order valence-corrected chi connectivity index (χ1v) is 9.37. The molecule has 0 unspecified atom stereocenters. The van der Waals surface area contributed by atoms with Gasteiger partial charge in [-0.15, -0.1) is 0 Å². The van der Waals surface area contributed by atoms with Gasteiger partial charge in [0.05, 0.1) is 4.90 Å². The first kappa shape index (κ1) is 16.0. The molecule has 2 aromatic heterocycles. The number of hydrogen-bond acceptors (Lipinski definition) is 3. The van der Waals surface area contributed by atoms with E-state index in [1.54, 1.807) is 6.20 Å². The molecule has 0 atom stereocenters. The number of halogens is 1. The summed E-state index contributed by atoms with van der Waals surface area (Å²) in [5, 5.41) is 1.03. The fourth-order valence-corrected chi connectivity index (χ4v) is 4.47. The number of nitrogens with zero attached hydrogens (tertiary/aromatic N) is 2. The Morgan fingerprint density at radius 3 is 2.68 bits per heavy atom. The van der Waals surface area contributed by atoms with Crippen molar-refractivity contribution in [3.05, 3.63) is 66.2 Å². The number of aromatic amines is 1. The van der Waals surface area contributed by atoms with Crippen LogP contribution >= 0.6 is 0 Å². The molecule has 0 aliphatic carbocycles. The fourth-order valence-electron chi connectivity index (χ4n) is 3.09. The number of rotatable bonds is 3. The molecule has 0 bridgehead atoms. The van der Waals surface area contributed by atoms with E-state index in [-0.39, 0.29) is 4.90 Å². The van der Waals surface area contributed by atoms with Gasteiger partial charge in [-0.05, 0) is 48.4 Å². The SMILES string of the molecule is O=S(=O)(c1ccc(F)cc1)N1CC=C(c2c[nH]c3ncccc23)CC1. The molecule has 25 heavy (non-hydrogen) atoms. The Kier molecular flexibility index (Phi) is 3.89. The average molecular weight is 357 g/mol. The van der Waals surface area contributed by atoms with E-state index < -0.39 is 15.8 Å². The molecular formula is C18H16FN3O2S. The molecule has 0 spiro atoms. The summed E-state index contributed by atoms with van der Waals surface area (Å²) in [6.45, 7) is 0.681. The highest BCUT2D eigenvalue weighted by atomic mass is 32.2. The van der Waals surface area contributed by atoms with Crippen LogP contribution in [-0.4, -0.2) is 35.8 Å². The monoisotopic (exact) mass is 357 g/mol. The van der Waals surface area contributed by atoms with E-state index in [9.17, 15) is 12.8 Å². The number of fused-ring (bicyclic) bond motifs is 1. The molecule has 1 aromatic carbocycles. The van der Waals surface area contributed by atoms with Crippen LogP contribution in [0.4, 0.5) is 4.39 Å². The highest BCUT2D eigenvalue weighted by Gasteiger charge is 2.26. The lowest BCUT2D eigenvalue weighted by atomic mass is 10.0. The lowest BCUT2D eigenvalue weighted by molar-refractivity contribution is 0.441. The minimum absolute atomic E-state index is 0.113. The Balaban J connectivity index is 1.60. The van der Waals surface area contributed by atoms with Crippen molar-refractivity contribution in [3.63, 3.8) is 0 Å². The van der Waals surface area contributed by atoms with Gasteiger partial charge in [0, 0.05) is 36.4 Å². The smallest absolute Gasteiger partial charge is 0.243 e. The highest BCUT2D eigenvalue weighted by molar-refractivity contribution is 7.89. The maximum atomic E-state index is 13.0. The van der Waals surface area contributed by atoms with Crippen LogP contribution in [0.3, 0.4) is 0 Å². The zero-order chi connectivity index (χ0) is 17.4. The summed E-state index contributed by atoms with van der Waals surface area (Å²) in [4.78, 5) is 7.53. The molecule has 1 aliphatic heterocycles. The van der Waals surface area contributed by atoms with E-state index in [0.29, 0.717) is 19.5 Å². The molecule has 1 aliphatic rings. The number of hydrogen-bond donors (Lipinski definition) is 1. The molecule has 7 heteroatoms. The van der Waals surface area contributed by atoms with Crippen LogP contribution in [0.5, 0.6) is 0 Å². The van der Waals surface area contributed by atoms with Gasteiger partial charge in [0.2, 0.25) is 10.0 Å². The molecule has 0 radical (unpaired) electrons.